The fourth-order valence-corrected chi connectivity index (χ4v) is 6.72. The highest BCUT2D eigenvalue weighted by Crippen LogP contribution is 2.39. The van der Waals surface area contributed by atoms with Crippen LogP contribution in [0, 0.1) is 0 Å². The molecule has 0 fully saturated rings. The van der Waals surface area contributed by atoms with Gasteiger partial charge in [0, 0.05) is 35.8 Å². The fraction of sp³-hybridized carbons (Fsp3) is 0.161. The molecule has 3 N–H and O–H groups in total. The number of benzene rings is 3. The summed E-state index contributed by atoms with van der Waals surface area (Å²) in [5, 5.41) is 4.30. The van der Waals surface area contributed by atoms with Gasteiger partial charge in [-0.15, -0.1) is 0 Å². The number of nitrogens with one attached hydrogen (secondary N) is 1. The van der Waals surface area contributed by atoms with Crippen molar-refractivity contribution in [3.63, 3.8) is 0 Å². The quantitative estimate of drug-likeness (QED) is 0.217. The number of aromatic nitrogens is 3. The van der Waals surface area contributed by atoms with Crippen molar-refractivity contribution in [2.45, 2.75) is 11.3 Å². The van der Waals surface area contributed by atoms with Gasteiger partial charge < -0.3 is 20.7 Å². The van der Waals surface area contributed by atoms with Gasteiger partial charge in [0.05, 0.1) is 45.8 Å². The van der Waals surface area contributed by atoms with E-state index in [0.717, 1.165) is 36.3 Å². The van der Waals surface area contributed by atoms with Crippen LogP contribution in [-0.4, -0.2) is 54.5 Å². The zero-order chi connectivity index (χ0) is 29.4. The summed E-state index contributed by atoms with van der Waals surface area (Å²) in [5.74, 6) is 0.872. The van der Waals surface area contributed by atoms with Gasteiger partial charge in [0.2, 0.25) is 5.95 Å². The van der Waals surface area contributed by atoms with Gasteiger partial charge in [0.25, 0.3) is 10.0 Å². The molecule has 6 rings (SSSR count). The van der Waals surface area contributed by atoms with Crippen LogP contribution >= 0.6 is 11.6 Å². The number of halogens is 1. The molecule has 0 bridgehead atoms. The van der Waals surface area contributed by atoms with Gasteiger partial charge in [-0.25, -0.2) is 22.4 Å². The van der Waals surface area contributed by atoms with E-state index in [2.05, 4.69) is 28.3 Å². The van der Waals surface area contributed by atoms with E-state index in [-0.39, 0.29) is 15.9 Å². The van der Waals surface area contributed by atoms with Crippen molar-refractivity contribution in [3.8, 4) is 17.0 Å². The molecule has 1 aliphatic rings. The van der Waals surface area contributed by atoms with E-state index >= 15 is 0 Å². The number of nitrogens with two attached hydrogens (primary N) is 1. The molecule has 214 valence electrons. The summed E-state index contributed by atoms with van der Waals surface area (Å²) in [5.41, 5.74) is 11.1. The zero-order valence-corrected chi connectivity index (χ0v) is 24.7. The first-order chi connectivity index (χ1) is 20.3. The van der Waals surface area contributed by atoms with Crippen molar-refractivity contribution in [2.75, 3.05) is 38.3 Å². The lowest BCUT2D eigenvalue weighted by Crippen LogP contribution is -2.23. The third-order valence-corrected chi connectivity index (χ3v) is 9.32. The topological polar surface area (TPSA) is 115 Å². The average Bonchev–Trinajstić information content (AvgIpc) is 3.40. The lowest BCUT2D eigenvalue weighted by atomic mass is 9.97. The van der Waals surface area contributed by atoms with Crippen LogP contribution in [0.1, 0.15) is 12.0 Å². The highest BCUT2D eigenvalue weighted by Gasteiger charge is 2.24. The van der Waals surface area contributed by atoms with Gasteiger partial charge in [-0.3, -0.25) is 0 Å². The largest absolute Gasteiger partial charge is 0.495 e. The van der Waals surface area contributed by atoms with Crippen molar-refractivity contribution in [2.24, 2.45) is 0 Å². The predicted molar refractivity (Wildman–Crippen MR) is 168 cm³/mol. The van der Waals surface area contributed by atoms with Crippen molar-refractivity contribution in [1.29, 1.82) is 0 Å². The summed E-state index contributed by atoms with van der Waals surface area (Å²) < 4.78 is 34.0. The van der Waals surface area contributed by atoms with E-state index in [1.807, 2.05) is 24.3 Å². The molecular formula is C31H29ClN6O3S. The lowest BCUT2D eigenvalue weighted by Gasteiger charge is -2.24. The van der Waals surface area contributed by atoms with Crippen LogP contribution in [-0.2, 0) is 10.0 Å². The Balaban J connectivity index is 1.45. The maximum atomic E-state index is 13.6. The molecule has 11 heteroatoms. The molecule has 0 radical (unpaired) electrons. The van der Waals surface area contributed by atoms with Gasteiger partial charge in [0.1, 0.15) is 5.75 Å². The number of ether oxygens (including phenoxy) is 1. The highest BCUT2D eigenvalue weighted by molar-refractivity contribution is 7.90. The second-order valence-electron chi connectivity index (χ2n) is 10.1. The Labute approximate surface area is 249 Å². The Morgan fingerprint density at radius 3 is 2.55 bits per heavy atom. The number of nitrogens with zero attached hydrogens (tertiary/aromatic N) is 4. The van der Waals surface area contributed by atoms with Gasteiger partial charge in [-0.2, -0.15) is 0 Å². The molecule has 0 aliphatic carbocycles. The molecule has 42 heavy (non-hydrogen) atoms. The number of para-hydroxylation sites is 1. The predicted octanol–water partition coefficient (Wildman–Crippen LogP) is 6.04. The maximum absolute atomic E-state index is 13.6. The van der Waals surface area contributed by atoms with Crippen LogP contribution in [0.25, 0.3) is 27.7 Å². The van der Waals surface area contributed by atoms with Crippen molar-refractivity contribution in [3.05, 3.63) is 95.8 Å². The Bertz CT molecular complexity index is 1940. The number of nitrogen functional groups attached to an aromatic ring is 1. The summed E-state index contributed by atoms with van der Waals surface area (Å²) in [7, 11) is -0.202. The van der Waals surface area contributed by atoms with Gasteiger partial charge >= 0.3 is 0 Å². The minimum absolute atomic E-state index is 0.182. The van der Waals surface area contributed by atoms with Gasteiger partial charge in [-0.05, 0) is 49.4 Å². The molecule has 0 atom stereocenters. The van der Waals surface area contributed by atoms with Crippen LogP contribution in [0.4, 0.5) is 17.3 Å². The Morgan fingerprint density at radius 1 is 1.05 bits per heavy atom. The molecule has 1 aliphatic heterocycles. The number of rotatable bonds is 7. The molecule has 3 aromatic carbocycles. The van der Waals surface area contributed by atoms with E-state index in [1.54, 1.807) is 55.8 Å². The molecule has 3 heterocycles. The third kappa shape index (κ3) is 5.09. The van der Waals surface area contributed by atoms with Crippen LogP contribution in [0.5, 0.6) is 5.75 Å². The molecular weight excluding hydrogens is 572 g/mol. The summed E-state index contributed by atoms with van der Waals surface area (Å²) in [6.07, 6.45) is 6.12. The smallest absolute Gasteiger partial charge is 0.268 e. The highest BCUT2D eigenvalue weighted by atomic mass is 35.5. The normalized spacial score (nSPS) is 14.1. The van der Waals surface area contributed by atoms with Crippen molar-refractivity contribution < 1.29 is 13.2 Å². The second kappa shape index (κ2) is 11.1. The van der Waals surface area contributed by atoms with E-state index < -0.39 is 10.0 Å². The van der Waals surface area contributed by atoms with E-state index in [1.165, 1.54) is 10.2 Å². The number of anilines is 3. The van der Waals surface area contributed by atoms with Crippen molar-refractivity contribution >= 4 is 55.4 Å². The molecule has 2 aromatic heterocycles. The molecule has 5 aromatic rings. The Morgan fingerprint density at radius 2 is 1.81 bits per heavy atom. The maximum Gasteiger partial charge on any atom is 0.268 e. The van der Waals surface area contributed by atoms with E-state index in [4.69, 9.17) is 27.1 Å². The minimum atomic E-state index is -3.88. The number of fused-ring (bicyclic) bond motifs is 1. The number of likely N-dealkylation sites (N-methyl/N-ethyl adjacent to an activating group) is 1. The first-order valence-electron chi connectivity index (χ1n) is 13.3. The number of hydrogen-bond acceptors (Lipinski definition) is 8. The van der Waals surface area contributed by atoms with E-state index in [0.29, 0.717) is 33.6 Å². The number of hydrogen-bond donors (Lipinski definition) is 2. The van der Waals surface area contributed by atoms with Crippen molar-refractivity contribution in [1.82, 2.24) is 18.8 Å². The second-order valence-corrected chi connectivity index (χ2v) is 12.3. The first kappa shape index (κ1) is 27.8. The van der Waals surface area contributed by atoms with Crippen LogP contribution in [0.2, 0.25) is 5.02 Å². The average molecular weight is 601 g/mol. The van der Waals surface area contributed by atoms with Crippen LogP contribution in [0.3, 0.4) is 0 Å². The lowest BCUT2D eigenvalue weighted by molar-refractivity contribution is 0.370. The monoisotopic (exact) mass is 600 g/mol. The van der Waals surface area contributed by atoms with Gasteiger partial charge in [-0.1, -0.05) is 54.1 Å². The van der Waals surface area contributed by atoms with Crippen LogP contribution < -0.4 is 15.8 Å². The van der Waals surface area contributed by atoms with Gasteiger partial charge in [0.15, 0.2) is 0 Å². The molecule has 0 unspecified atom stereocenters. The van der Waals surface area contributed by atoms with Crippen LogP contribution in [0.15, 0.2) is 90.1 Å². The first-order valence-corrected chi connectivity index (χ1v) is 15.1. The Hall–Kier alpha value is -4.38. The standard InChI is InChI=1S/C31H29ClN6O3S/c1-37-14-12-20(13-15-37)23-16-29(41-2)26(33)17-27(23)35-31-34-18-25(32)30(36-31)24-19-38(28-11-7-6-10-22(24)28)42(39,40)21-8-4-3-5-9-21/h3-12,16-19H,13-15,33H2,1-2H3,(H,34,35,36). The number of methoxy groups -OCH3 is 1. The molecule has 0 spiro atoms. The fourth-order valence-electron chi connectivity index (χ4n) is 5.14. The molecule has 9 nitrogen and oxygen atoms in total. The summed E-state index contributed by atoms with van der Waals surface area (Å²) in [6.45, 7) is 1.76. The summed E-state index contributed by atoms with van der Waals surface area (Å²) >= 11 is 6.64. The molecule has 0 saturated heterocycles. The minimum Gasteiger partial charge on any atom is -0.495 e. The third-order valence-electron chi connectivity index (χ3n) is 7.35. The molecule has 0 saturated carbocycles. The summed E-state index contributed by atoms with van der Waals surface area (Å²) in [6, 6.07) is 19.3. The van der Waals surface area contributed by atoms with E-state index in [9.17, 15) is 8.42 Å². The molecule has 0 amide bonds. The SMILES string of the molecule is COc1cc(C2=CCN(C)CC2)c(Nc2ncc(Cl)c(-c3cn(S(=O)(=O)c4ccccc4)c4ccccc34)n2)cc1N. The Kier molecular flexibility index (Phi) is 7.36. The zero-order valence-electron chi connectivity index (χ0n) is 23.1. The summed E-state index contributed by atoms with van der Waals surface area (Å²) in [4.78, 5) is 11.6.